The van der Waals surface area contributed by atoms with E-state index in [0.717, 1.165) is 0 Å². The quantitative estimate of drug-likeness (QED) is 0.779. The number of aliphatic carboxylic acids is 1. The Morgan fingerprint density at radius 3 is 1.95 bits per heavy atom. The van der Waals surface area contributed by atoms with Crippen LogP contribution in [-0.4, -0.2) is 28.1 Å². The fourth-order valence-corrected chi connectivity index (χ4v) is 1.93. The van der Waals surface area contributed by atoms with Gasteiger partial charge in [-0.05, 0) is 17.7 Å². The van der Waals surface area contributed by atoms with Crippen LogP contribution in [0.5, 0.6) is 0 Å². The lowest BCUT2D eigenvalue weighted by molar-refractivity contribution is -0.142. The maximum Gasteiger partial charge on any atom is 0.329 e. The van der Waals surface area contributed by atoms with Crippen LogP contribution in [0.1, 0.15) is 22.0 Å². The van der Waals surface area contributed by atoms with E-state index in [1.165, 1.54) is 0 Å². The van der Waals surface area contributed by atoms with E-state index in [2.05, 4.69) is 5.32 Å². The second-order valence-electron chi connectivity index (χ2n) is 4.51. The van der Waals surface area contributed by atoms with Crippen molar-refractivity contribution in [2.75, 3.05) is 0 Å². The Balaban J connectivity index is 2.17. The van der Waals surface area contributed by atoms with Crippen molar-refractivity contribution in [2.45, 2.75) is 12.1 Å². The molecule has 2 aromatic carbocycles. The number of carboxylic acid groups (broad SMARTS) is 1. The molecule has 5 nitrogen and oxygen atoms in total. The van der Waals surface area contributed by atoms with Crippen molar-refractivity contribution < 1.29 is 19.8 Å². The van der Waals surface area contributed by atoms with E-state index in [4.69, 9.17) is 0 Å². The predicted molar refractivity (Wildman–Crippen MR) is 76.7 cm³/mol. The Hall–Kier alpha value is -2.66. The van der Waals surface area contributed by atoms with E-state index < -0.39 is 24.0 Å². The molecule has 0 heterocycles. The second kappa shape index (κ2) is 6.67. The zero-order valence-electron chi connectivity index (χ0n) is 11.1. The third-order valence-electron chi connectivity index (χ3n) is 3.05. The summed E-state index contributed by atoms with van der Waals surface area (Å²) in [7, 11) is 0. The maximum atomic E-state index is 12.0. The summed E-state index contributed by atoms with van der Waals surface area (Å²) in [5.41, 5.74) is 0.766. The monoisotopic (exact) mass is 285 g/mol. The average molecular weight is 285 g/mol. The molecule has 108 valence electrons. The van der Waals surface area contributed by atoms with Crippen molar-refractivity contribution >= 4 is 11.9 Å². The van der Waals surface area contributed by atoms with Crippen molar-refractivity contribution in [3.63, 3.8) is 0 Å². The van der Waals surface area contributed by atoms with Gasteiger partial charge in [-0.25, -0.2) is 4.79 Å². The van der Waals surface area contributed by atoms with Gasteiger partial charge in [0, 0.05) is 5.56 Å². The van der Waals surface area contributed by atoms with Gasteiger partial charge < -0.3 is 15.5 Å². The molecule has 0 aromatic heterocycles. The molecule has 0 aliphatic heterocycles. The van der Waals surface area contributed by atoms with E-state index in [1.807, 2.05) is 0 Å². The zero-order chi connectivity index (χ0) is 15.2. The first-order chi connectivity index (χ1) is 10.1. The molecule has 0 bridgehead atoms. The molecular weight excluding hydrogens is 270 g/mol. The van der Waals surface area contributed by atoms with Crippen LogP contribution < -0.4 is 5.32 Å². The van der Waals surface area contributed by atoms with Crippen molar-refractivity contribution in [3.05, 3.63) is 71.8 Å². The minimum absolute atomic E-state index is 0.337. The number of hydrogen-bond donors (Lipinski definition) is 3. The molecule has 0 aliphatic rings. The van der Waals surface area contributed by atoms with Crippen LogP contribution in [0.4, 0.5) is 0 Å². The minimum atomic E-state index is -1.42. The third-order valence-corrected chi connectivity index (χ3v) is 3.05. The number of carbonyl (C=O) groups excluding carboxylic acids is 1. The lowest BCUT2D eigenvalue weighted by Crippen LogP contribution is -2.45. The molecular formula is C16H15NO4. The van der Waals surface area contributed by atoms with Crippen molar-refractivity contribution in [1.82, 2.24) is 5.32 Å². The van der Waals surface area contributed by atoms with Gasteiger partial charge in [-0.3, -0.25) is 4.79 Å². The molecule has 0 saturated carbocycles. The molecule has 2 aromatic rings. The van der Waals surface area contributed by atoms with E-state index in [9.17, 15) is 19.8 Å². The van der Waals surface area contributed by atoms with Gasteiger partial charge in [-0.15, -0.1) is 0 Å². The standard InChI is InChI=1S/C16H15NO4/c18-14(11-7-3-1-4-8-11)13(16(20)21)17-15(19)12-9-5-2-6-10-12/h1-10,13-14,18H,(H,17,19)(H,20,21). The van der Waals surface area contributed by atoms with Crippen molar-refractivity contribution in [3.8, 4) is 0 Å². The van der Waals surface area contributed by atoms with Gasteiger partial charge in [0.25, 0.3) is 5.91 Å². The van der Waals surface area contributed by atoms with E-state index in [0.29, 0.717) is 11.1 Å². The molecule has 2 unspecified atom stereocenters. The lowest BCUT2D eigenvalue weighted by Gasteiger charge is -2.20. The molecule has 5 heteroatoms. The second-order valence-corrected chi connectivity index (χ2v) is 4.51. The normalized spacial score (nSPS) is 13.2. The summed E-state index contributed by atoms with van der Waals surface area (Å²) >= 11 is 0. The Morgan fingerprint density at radius 2 is 1.43 bits per heavy atom. The highest BCUT2D eigenvalue weighted by Gasteiger charge is 2.29. The fraction of sp³-hybridized carbons (Fsp3) is 0.125. The SMILES string of the molecule is O=C(NC(C(=O)O)C(O)c1ccccc1)c1ccccc1. The summed E-state index contributed by atoms with van der Waals surface area (Å²) in [6, 6.07) is 15.2. The van der Waals surface area contributed by atoms with Gasteiger partial charge in [-0.1, -0.05) is 48.5 Å². The molecule has 0 fully saturated rings. The number of amides is 1. The van der Waals surface area contributed by atoms with Crippen LogP contribution in [0, 0.1) is 0 Å². The third kappa shape index (κ3) is 3.67. The van der Waals surface area contributed by atoms with Gasteiger partial charge in [0.15, 0.2) is 6.04 Å². The van der Waals surface area contributed by atoms with E-state index in [-0.39, 0.29) is 0 Å². The predicted octanol–water partition coefficient (Wildman–Crippen LogP) is 1.60. The number of aliphatic hydroxyl groups is 1. The van der Waals surface area contributed by atoms with Crippen molar-refractivity contribution in [1.29, 1.82) is 0 Å². The summed E-state index contributed by atoms with van der Waals surface area (Å²) in [4.78, 5) is 23.3. The summed E-state index contributed by atoms with van der Waals surface area (Å²) < 4.78 is 0. The Morgan fingerprint density at radius 1 is 0.905 bits per heavy atom. The first-order valence-corrected chi connectivity index (χ1v) is 6.41. The van der Waals surface area contributed by atoms with Gasteiger partial charge in [0.1, 0.15) is 6.10 Å². The van der Waals surface area contributed by atoms with Crippen LogP contribution in [0.25, 0.3) is 0 Å². The molecule has 0 spiro atoms. The van der Waals surface area contributed by atoms with Gasteiger partial charge in [-0.2, -0.15) is 0 Å². The van der Waals surface area contributed by atoms with Crippen LogP contribution >= 0.6 is 0 Å². The number of carbonyl (C=O) groups is 2. The molecule has 0 radical (unpaired) electrons. The fourth-order valence-electron chi connectivity index (χ4n) is 1.93. The molecule has 21 heavy (non-hydrogen) atoms. The maximum absolute atomic E-state index is 12.0. The Bertz CT molecular complexity index is 613. The van der Waals surface area contributed by atoms with Crippen LogP contribution in [0.3, 0.4) is 0 Å². The topological polar surface area (TPSA) is 86.6 Å². The van der Waals surface area contributed by atoms with Crippen molar-refractivity contribution in [2.24, 2.45) is 0 Å². The highest BCUT2D eigenvalue weighted by molar-refractivity contribution is 5.96. The summed E-state index contributed by atoms with van der Waals surface area (Å²) in [6.07, 6.45) is -1.32. The number of aliphatic hydroxyl groups excluding tert-OH is 1. The zero-order valence-corrected chi connectivity index (χ0v) is 11.1. The van der Waals surface area contributed by atoms with Gasteiger partial charge >= 0.3 is 5.97 Å². The number of rotatable bonds is 5. The largest absolute Gasteiger partial charge is 0.480 e. The smallest absolute Gasteiger partial charge is 0.329 e. The molecule has 2 atom stereocenters. The minimum Gasteiger partial charge on any atom is -0.480 e. The van der Waals surface area contributed by atoms with Gasteiger partial charge in [0.2, 0.25) is 0 Å². The first kappa shape index (κ1) is 14.7. The number of hydrogen-bond acceptors (Lipinski definition) is 3. The Kier molecular flexibility index (Phi) is 4.68. The average Bonchev–Trinajstić information content (AvgIpc) is 2.53. The summed E-state index contributed by atoms with van der Waals surface area (Å²) in [5, 5.41) is 21.7. The van der Waals surface area contributed by atoms with E-state index in [1.54, 1.807) is 60.7 Å². The van der Waals surface area contributed by atoms with Crippen LogP contribution in [-0.2, 0) is 4.79 Å². The molecule has 2 rings (SSSR count). The molecule has 1 amide bonds. The van der Waals surface area contributed by atoms with Crippen LogP contribution in [0.15, 0.2) is 60.7 Å². The summed E-state index contributed by atoms with van der Waals surface area (Å²) in [6.45, 7) is 0. The summed E-state index contributed by atoms with van der Waals surface area (Å²) in [5.74, 6) is -1.84. The number of benzene rings is 2. The molecule has 3 N–H and O–H groups in total. The van der Waals surface area contributed by atoms with Crippen LogP contribution in [0.2, 0.25) is 0 Å². The number of carboxylic acids is 1. The molecule has 0 aliphatic carbocycles. The first-order valence-electron chi connectivity index (χ1n) is 6.41. The molecule has 0 saturated heterocycles. The Labute approximate surface area is 121 Å². The number of nitrogens with one attached hydrogen (secondary N) is 1. The lowest BCUT2D eigenvalue weighted by atomic mass is 10.0. The highest BCUT2D eigenvalue weighted by Crippen LogP contribution is 2.17. The van der Waals surface area contributed by atoms with E-state index >= 15 is 0 Å². The van der Waals surface area contributed by atoms with Gasteiger partial charge in [0.05, 0.1) is 0 Å². The highest BCUT2D eigenvalue weighted by atomic mass is 16.4.